The van der Waals surface area contributed by atoms with Crippen molar-refractivity contribution in [2.45, 2.75) is 26.4 Å². The molecule has 1 aliphatic rings. The Morgan fingerprint density at radius 1 is 1.47 bits per heavy atom. The molecule has 0 spiro atoms. The lowest BCUT2D eigenvalue weighted by Crippen LogP contribution is -2.47. The molecule has 0 saturated carbocycles. The van der Waals surface area contributed by atoms with Crippen LogP contribution in [0.1, 0.15) is 20.8 Å². The van der Waals surface area contributed by atoms with Crippen molar-refractivity contribution in [1.29, 1.82) is 5.26 Å². The van der Waals surface area contributed by atoms with Gasteiger partial charge in [0.05, 0.1) is 25.8 Å². The molecule has 106 valence electrons. The van der Waals surface area contributed by atoms with Crippen LogP contribution in [0.2, 0.25) is 0 Å². The average molecular weight is 270 g/mol. The Balaban J connectivity index is 2.88. The molecule has 19 heavy (non-hydrogen) atoms. The summed E-state index contributed by atoms with van der Waals surface area (Å²) in [4.78, 5) is 24.4. The molecule has 1 aliphatic heterocycles. The summed E-state index contributed by atoms with van der Waals surface area (Å²) >= 11 is 0. The molecule has 0 aliphatic carbocycles. The number of hydrogen-bond donors (Lipinski definition) is 1. The van der Waals surface area contributed by atoms with Gasteiger partial charge in [-0.05, 0) is 20.8 Å². The summed E-state index contributed by atoms with van der Waals surface area (Å²) in [6, 6.07) is 1.73. The van der Waals surface area contributed by atoms with Gasteiger partial charge in [-0.2, -0.15) is 5.26 Å². The minimum atomic E-state index is -1.74. The number of amides is 1. The molecule has 1 rings (SSSR count). The molecule has 0 aromatic carbocycles. The van der Waals surface area contributed by atoms with E-state index >= 15 is 0 Å². The molecule has 1 unspecified atom stereocenters. The zero-order valence-corrected chi connectivity index (χ0v) is 11.3. The number of hydrogen-bond acceptors (Lipinski definition) is 5. The first-order valence-electron chi connectivity index (χ1n) is 5.90. The van der Waals surface area contributed by atoms with E-state index in [9.17, 15) is 9.59 Å². The SMILES string of the molecule is CC(C)(C)OC(=O)N1CCOCC(C#N)(C(=O)O)C1. The topological polar surface area (TPSA) is 99.9 Å². The third-order valence-electron chi connectivity index (χ3n) is 2.59. The van der Waals surface area contributed by atoms with Crippen LogP contribution in [0.15, 0.2) is 0 Å². The molecule has 1 N–H and O–H groups in total. The number of carboxylic acids is 1. The van der Waals surface area contributed by atoms with Crippen LogP contribution < -0.4 is 0 Å². The molecule has 7 nitrogen and oxygen atoms in total. The van der Waals surface area contributed by atoms with Gasteiger partial charge in [0.25, 0.3) is 0 Å². The molecule has 0 bridgehead atoms. The van der Waals surface area contributed by atoms with E-state index in [1.165, 1.54) is 4.90 Å². The van der Waals surface area contributed by atoms with Crippen molar-refractivity contribution in [3.63, 3.8) is 0 Å². The number of nitrogens with zero attached hydrogens (tertiary/aromatic N) is 2. The molecular formula is C12H18N2O5. The monoisotopic (exact) mass is 270 g/mol. The predicted octanol–water partition coefficient (Wildman–Crippen LogP) is 0.848. The lowest BCUT2D eigenvalue weighted by Gasteiger charge is -2.29. The molecule has 1 saturated heterocycles. The van der Waals surface area contributed by atoms with Crippen LogP contribution in [0.3, 0.4) is 0 Å². The van der Waals surface area contributed by atoms with Crippen molar-refractivity contribution in [1.82, 2.24) is 4.90 Å². The Bertz CT molecular complexity index is 409. The zero-order chi connectivity index (χ0) is 14.7. The van der Waals surface area contributed by atoms with E-state index in [4.69, 9.17) is 19.8 Å². The third kappa shape index (κ3) is 3.83. The Morgan fingerprint density at radius 2 is 2.11 bits per heavy atom. The van der Waals surface area contributed by atoms with Crippen LogP contribution >= 0.6 is 0 Å². The molecular weight excluding hydrogens is 252 g/mol. The Labute approximate surface area is 111 Å². The van der Waals surface area contributed by atoms with Crippen molar-refractivity contribution >= 4 is 12.1 Å². The van der Waals surface area contributed by atoms with Gasteiger partial charge < -0.3 is 19.5 Å². The Kier molecular flexibility index (Phi) is 4.37. The maximum absolute atomic E-state index is 11.9. The minimum Gasteiger partial charge on any atom is -0.480 e. The summed E-state index contributed by atoms with van der Waals surface area (Å²) in [6.45, 7) is 5.04. The van der Waals surface area contributed by atoms with Crippen molar-refractivity contribution in [2.24, 2.45) is 5.41 Å². The number of ether oxygens (including phenoxy) is 2. The highest BCUT2D eigenvalue weighted by Gasteiger charge is 2.44. The van der Waals surface area contributed by atoms with E-state index in [0.717, 1.165) is 0 Å². The quantitative estimate of drug-likeness (QED) is 0.758. The Hall–Kier alpha value is -1.81. The summed E-state index contributed by atoms with van der Waals surface area (Å²) < 4.78 is 10.3. The largest absolute Gasteiger partial charge is 0.480 e. The van der Waals surface area contributed by atoms with Crippen LogP contribution in [0, 0.1) is 16.7 Å². The number of rotatable bonds is 1. The van der Waals surface area contributed by atoms with Gasteiger partial charge in [-0.15, -0.1) is 0 Å². The normalized spacial score (nSPS) is 24.2. The van der Waals surface area contributed by atoms with E-state index in [1.807, 2.05) is 0 Å². The fourth-order valence-corrected chi connectivity index (χ4v) is 1.60. The molecule has 1 fully saturated rings. The van der Waals surface area contributed by atoms with Crippen molar-refractivity contribution < 1.29 is 24.2 Å². The molecule has 1 heterocycles. The standard InChI is InChI=1S/C12H18N2O5/c1-11(2,3)19-10(17)14-4-5-18-8-12(6-13,7-14)9(15)16/h4-5,7-8H2,1-3H3,(H,15,16). The fraction of sp³-hybridized carbons (Fsp3) is 0.750. The van der Waals surface area contributed by atoms with E-state index in [0.29, 0.717) is 0 Å². The average Bonchev–Trinajstić information content (AvgIpc) is 2.49. The van der Waals surface area contributed by atoms with E-state index in [-0.39, 0.29) is 26.3 Å². The van der Waals surface area contributed by atoms with Gasteiger partial charge in [-0.25, -0.2) is 4.79 Å². The first-order valence-corrected chi connectivity index (χ1v) is 5.90. The second-order valence-electron chi connectivity index (χ2n) is 5.45. The van der Waals surface area contributed by atoms with Gasteiger partial charge in [0.2, 0.25) is 0 Å². The number of carbonyl (C=O) groups is 2. The summed E-state index contributed by atoms with van der Waals surface area (Å²) in [7, 11) is 0. The van der Waals surface area contributed by atoms with Gasteiger partial charge >= 0.3 is 12.1 Å². The second-order valence-corrected chi connectivity index (χ2v) is 5.45. The first-order chi connectivity index (χ1) is 8.70. The molecule has 0 aromatic rings. The van der Waals surface area contributed by atoms with Gasteiger partial charge in [0, 0.05) is 6.54 Å². The summed E-state index contributed by atoms with van der Waals surface area (Å²) in [5, 5.41) is 18.2. The fourth-order valence-electron chi connectivity index (χ4n) is 1.60. The van der Waals surface area contributed by atoms with Crippen LogP contribution in [0.4, 0.5) is 4.79 Å². The van der Waals surface area contributed by atoms with Gasteiger partial charge in [-0.1, -0.05) is 0 Å². The maximum atomic E-state index is 11.9. The smallest absolute Gasteiger partial charge is 0.410 e. The van der Waals surface area contributed by atoms with Crippen molar-refractivity contribution in [2.75, 3.05) is 26.3 Å². The zero-order valence-electron chi connectivity index (χ0n) is 11.3. The van der Waals surface area contributed by atoms with Gasteiger partial charge in [0.15, 0.2) is 5.41 Å². The summed E-state index contributed by atoms with van der Waals surface area (Å²) in [5.74, 6) is -1.30. The maximum Gasteiger partial charge on any atom is 0.410 e. The van der Waals surface area contributed by atoms with Gasteiger partial charge in [0.1, 0.15) is 5.60 Å². The summed E-state index contributed by atoms with van der Waals surface area (Å²) in [5.41, 5.74) is -2.42. The number of aliphatic carboxylic acids is 1. The lowest BCUT2D eigenvalue weighted by atomic mass is 9.91. The highest BCUT2D eigenvalue weighted by molar-refractivity contribution is 5.80. The molecule has 0 aromatic heterocycles. The molecule has 1 atom stereocenters. The van der Waals surface area contributed by atoms with Crippen LogP contribution in [0.25, 0.3) is 0 Å². The molecule has 1 amide bonds. The van der Waals surface area contributed by atoms with Crippen molar-refractivity contribution in [3.8, 4) is 6.07 Å². The lowest BCUT2D eigenvalue weighted by molar-refractivity contribution is -0.148. The molecule has 0 radical (unpaired) electrons. The first kappa shape index (κ1) is 15.2. The van der Waals surface area contributed by atoms with Crippen LogP contribution in [-0.4, -0.2) is 54.0 Å². The van der Waals surface area contributed by atoms with Crippen LogP contribution in [-0.2, 0) is 14.3 Å². The van der Waals surface area contributed by atoms with Crippen molar-refractivity contribution in [3.05, 3.63) is 0 Å². The Morgan fingerprint density at radius 3 is 2.58 bits per heavy atom. The van der Waals surface area contributed by atoms with E-state index < -0.39 is 23.1 Å². The predicted molar refractivity (Wildman–Crippen MR) is 64.3 cm³/mol. The highest BCUT2D eigenvalue weighted by Crippen LogP contribution is 2.23. The third-order valence-corrected chi connectivity index (χ3v) is 2.59. The van der Waals surface area contributed by atoms with Crippen LogP contribution in [0.5, 0.6) is 0 Å². The minimum absolute atomic E-state index is 0.177. The number of carboxylic acid groups (broad SMARTS) is 1. The summed E-state index contributed by atoms with van der Waals surface area (Å²) in [6.07, 6.45) is -0.640. The molecule has 7 heteroatoms. The number of nitriles is 1. The highest BCUT2D eigenvalue weighted by atomic mass is 16.6. The van der Waals surface area contributed by atoms with E-state index in [1.54, 1.807) is 26.8 Å². The second kappa shape index (κ2) is 5.45. The van der Waals surface area contributed by atoms with E-state index in [2.05, 4.69) is 0 Å². The number of carbonyl (C=O) groups excluding carboxylic acids is 1. The van der Waals surface area contributed by atoms with Gasteiger partial charge in [-0.3, -0.25) is 4.79 Å².